The summed E-state index contributed by atoms with van der Waals surface area (Å²) in [6, 6.07) is 12.1. The van der Waals surface area contributed by atoms with Gasteiger partial charge in [0.1, 0.15) is 33.9 Å². The fourth-order valence-electron chi connectivity index (χ4n) is 5.54. The van der Waals surface area contributed by atoms with Gasteiger partial charge in [0.2, 0.25) is 5.95 Å². The zero-order valence-corrected chi connectivity index (χ0v) is 25.4. The molecule has 0 unspecified atom stereocenters. The number of aromatic nitrogens is 5. The predicted molar refractivity (Wildman–Crippen MR) is 168 cm³/mol. The van der Waals surface area contributed by atoms with E-state index in [0.29, 0.717) is 59.8 Å². The van der Waals surface area contributed by atoms with Crippen molar-refractivity contribution in [1.82, 2.24) is 34.1 Å². The number of carbonyl (C=O) groups is 1. The van der Waals surface area contributed by atoms with Crippen LogP contribution in [0, 0.1) is 17.1 Å². The fraction of sp³-hybridized carbons (Fsp3) is 0.290. The van der Waals surface area contributed by atoms with Crippen LogP contribution in [0.25, 0.3) is 28.0 Å². The first-order valence-electron chi connectivity index (χ1n) is 14.5. The minimum atomic E-state index is -0.412. The molecule has 0 atom stereocenters. The van der Waals surface area contributed by atoms with Crippen molar-refractivity contribution in [1.29, 1.82) is 5.26 Å². The van der Waals surface area contributed by atoms with Gasteiger partial charge in [-0.25, -0.2) is 29.1 Å². The van der Waals surface area contributed by atoms with Crippen LogP contribution < -0.4 is 10.2 Å². The molecule has 12 nitrogen and oxygen atoms in total. The molecule has 228 valence electrons. The first-order chi connectivity index (χ1) is 21.8. The molecule has 2 aliphatic rings. The van der Waals surface area contributed by atoms with Crippen molar-refractivity contribution in [3.63, 3.8) is 0 Å². The lowest BCUT2D eigenvalue weighted by Crippen LogP contribution is -2.64. The molecule has 14 heteroatoms. The SMILES string of the molecule is CCc1nc2ccc(-c3cnc(NC4CN(C(=O)N5CC(O)C5)C4)nc3)cn2c1N(C)c1nc(-c2ccc(F)cc2)c(C#N)s1. The number of halogens is 1. The number of pyridine rings is 1. The number of nitrogens with zero attached hydrogens (tertiary/aromatic N) is 9. The second-order valence-corrected chi connectivity index (χ2v) is 12.1. The largest absolute Gasteiger partial charge is 0.389 e. The molecule has 5 aromatic rings. The highest BCUT2D eigenvalue weighted by Gasteiger charge is 2.38. The lowest BCUT2D eigenvalue weighted by atomic mass is 10.1. The third-order valence-corrected chi connectivity index (χ3v) is 9.08. The summed E-state index contributed by atoms with van der Waals surface area (Å²) in [4.78, 5) is 36.8. The minimum absolute atomic E-state index is 0.0468. The molecule has 2 saturated heterocycles. The van der Waals surface area contributed by atoms with E-state index in [1.807, 2.05) is 41.6 Å². The molecule has 2 amide bonds. The van der Waals surface area contributed by atoms with Crippen LogP contribution in [0.5, 0.6) is 0 Å². The number of aliphatic hydroxyl groups is 1. The van der Waals surface area contributed by atoms with E-state index in [1.165, 1.54) is 23.5 Å². The fourth-order valence-corrected chi connectivity index (χ4v) is 6.39. The number of nitriles is 1. The number of fused-ring (bicyclic) bond motifs is 1. The molecule has 2 aliphatic heterocycles. The summed E-state index contributed by atoms with van der Waals surface area (Å²) >= 11 is 1.27. The summed E-state index contributed by atoms with van der Waals surface area (Å²) in [5.41, 5.74) is 4.55. The topological polar surface area (TPSA) is 139 Å². The van der Waals surface area contributed by atoms with Gasteiger partial charge in [0.25, 0.3) is 0 Å². The van der Waals surface area contributed by atoms with E-state index in [0.717, 1.165) is 28.3 Å². The molecule has 7 rings (SSSR count). The van der Waals surface area contributed by atoms with Crippen molar-refractivity contribution in [3.8, 4) is 28.5 Å². The Hall–Kier alpha value is -5.13. The average molecular weight is 625 g/mol. The maximum absolute atomic E-state index is 13.5. The van der Waals surface area contributed by atoms with Crippen molar-refractivity contribution in [2.24, 2.45) is 0 Å². The number of β-amino-alcohol motifs (C(OH)–C–C–N with tert-alkyl or cyclic N) is 1. The summed E-state index contributed by atoms with van der Waals surface area (Å²) in [5.74, 6) is 0.967. The van der Waals surface area contributed by atoms with Gasteiger partial charge >= 0.3 is 6.03 Å². The lowest BCUT2D eigenvalue weighted by molar-refractivity contribution is 0.00793. The second kappa shape index (κ2) is 11.4. The van der Waals surface area contributed by atoms with E-state index in [-0.39, 0.29) is 17.9 Å². The van der Waals surface area contributed by atoms with Crippen molar-refractivity contribution in [2.45, 2.75) is 25.5 Å². The van der Waals surface area contributed by atoms with Crippen molar-refractivity contribution >= 4 is 39.9 Å². The zero-order valence-electron chi connectivity index (χ0n) is 24.6. The molecule has 1 aromatic carbocycles. The number of rotatable bonds is 7. The van der Waals surface area contributed by atoms with Gasteiger partial charge in [0, 0.05) is 55.4 Å². The van der Waals surface area contributed by atoms with Gasteiger partial charge in [-0.05, 0) is 42.8 Å². The van der Waals surface area contributed by atoms with E-state index in [4.69, 9.17) is 9.97 Å². The van der Waals surface area contributed by atoms with E-state index >= 15 is 0 Å². The molecule has 0 aliphatic carbocycles. The van der Waals surface area contributed by atoms with Gasteiger partial charge in [0.15, 0.2) is 5.13 Å². The number of aryl methyl sites for hydroxylation is 1. The van der Waals surface area contributed by atoms with Crippen LogP contribution in [0.3, 0.4) is 0 Å². The maximum Gasteiger partial charge on any atom is 0.320 e. The molecule has 4 aromatic heterocycles. The Kier molecular flexibility index (Phi) is 7.26. The maximum atomic E-state index is 13.5. The smallest absolute Gasteiger partial charge is 0.320 e. The standard InChI is InChI=1S/C31H29FN10O2S/c1-3-24-28(39(2)30-38-27(25(10-33)45-30)18-4-7-21(32)8-5-18)42-13-19(6-9-26(42)37-24)20-11-34-29(35-12-20)36-22-14-40(15-22)31(44)41-16-23(43)17-41/h4-9,11-13,22-23,43H,3,14-17H2,1-2H3,(H,34,35,36). The number of thiazole rings is 1. The molecular formula is C31H29FN10O2S. The Morgan fingerprint density at radius 1 is 1.07 bits per heavy atom. The molecule has 0 saturated carbocycles. The van der Waals surface area contributed by atoms with E-state index in [2.05, 4.69) is 21.4 Å². The van der Waals surface area contributed by atoms with E-state index < -0.39 is 6.10 Å². The third-order valence-electron chi connectivity index (χ3n) is 8.04. The van der Waals surface area contributed by atoms with Crippen LogP contribution in [-0.2, 0) is 6.42 Å². The summed E-state index contributed by atoms with van der Waals surface area (Å²) in [7, 11) is 1.90. The van der Waals surface area contributed by atoms with E-state index in [9.17, 15) is 19.6 Å². The third kappa shape index (κ3) is 5.30. The Labute approximate surface area is 262 Å². The van der Waals surface area contributed by atoms with Gasteiger partial charge < -0.3 is 25.1 Å². The number of likely N-dealkylation sites (tertiary alicyclic amines) is 2. The number of anilines is 3. The predicted octanol–water partition coefficient (Wildman–Crippen LogP) is 4.15. The van der Waals surface area contributed by atoms with Crippen molar-refractivity contribution in [3.05, 3.63) is 71.4 Å². The molecule has 2 N–H and O–H groups in total. The van der Waals surface area contributed by atoms with Crippen molar-refractivity contribution in [2.75, 3.05) is 43.4 Å². The summed E-state index contributed by atoms with van der Waals surface area (Å²) in [5, 5.41) is 23.2. The summed E-state index contributed by atoms with van der Waals surface area (Å²) in [6.07, 6.45) is 5.78. The number of aliphatic hydroxyl groups excluding tert-OH is 1. The molecule has 0 spiro atoms. The first-order valence-corrected chi connectivity index (χ1v) is 15.4. The lowest BCUT2D eigenvalue weighted by Gasteiger charge is -2.45. The number of benzene rings is 1. The Morgan fingerprint density at radius 3 is 2.42 bits per heavy atom. The van der Waals surface area contributed by atoms with Gasteiger partial charge in [-0.2, -0.15) is 5.26 Å². The van der Waals surface area contributed by atoms with Crippen molar-refractivity contribution < 1.29 is 14.3 Å². The average Bonchev–Trinajstić information content (AvgIpc) is 3.62. The van der Waals surface area contributed by atoms with Crippen LogP contribution in [0.1, 0.15) is 17.5 Å². The van der Waals surface area contributed by atoms with Crippen LogP contribution in [0.15, 0.2) is 55.0 Å². The molecule has 6 heterocycles. The summed E-state index contributed by atoms with van der Waals surface area (Å²) < 4.78 is 15.5. The second-order valence-electron chi connectivity index (χ2n) is 11.1. The highest BCUT2D eigenvalue weighted by molar-refractivity contribution is 7.16. The number of amides is 2. The monoisotopic (exact) mass is 624 g/mol. The van der Waals surface area contributed by atoms with Gasteiger partial charge in [-0.1, -0.05) is 18.3 Å². The Morgan fingerprint density at radius 2 is 1.76 bits per heavy atom. The van der Waals surface area contributed by atoms with Crippen LogP contribution in [0.4, 0.5) is 26.1 Å². The number of carbonyl (C=O) groups excluding carboxylic acids is 1. The van der Waals surface area contributed by atoms with Crippen LogP contribution >= 0.6 is 11.3 Å². The van der Waals surface area contributed by atoms with Crippen LogP contribution in [-0.4, -0.2) is 90.6 Å². The number of imidazole rings is 1. The molecule has 45 heavy (non-hydrogen) atoms. The molecule has 0 radical (unpaired) electrons. The quantitative estimate of drug-likeness (QED) is 0.273. The Balaban J connectivity index is 1.10. The minimum Gasteiger partial charge on any atom is -0.389 e. The number of urea groups is 1. The normalized spacial score (nSPS) is 15.1. The van der Waals surface area contributed by atoms with Crippen LogP contribution in [0.2, 0.25) is 0 Å². The number of nitrogens with one attached hydrogen (secondary N) is 1. The first kappa shape index (κ1) is 28.6. The molecular weight excluding hydrogens is 595 g/mol. The van der Waals surface area contributed by atoms with Gasteiger partial charge in [0.05, 0.1) is 30.9 Å². The molecule has 0 bridgehead atoms. The Bertz CT molecular complexity index is 1920. The van der Waals surface area contributed by atoms with Gasteiger partial charge in [-0.3, -0.25) is 4.40 Å². The number of hydrogen-bond acceptors (Lipinski definition) is 10. The highest BCUT2D eigenvalue weighted by Crippen LogP contribution is 2.37. The summed E-state index contributed by atoms with van der Waals surface area (Å²) in [6.45, 7) is 3.95. The van der Waals surface area contributed by atoms with Gasteiger partial charge in [-0.15, -0.1) is 0 Å². The molecule has 2 fully saturated rings. The van der Waals surface area contributed by atoms with E-state index in [1.54, 1.807) is 34.3 Å². The number of hydrogen-bond donors (Lipinski definition) is 2. The highest BCUT2D eigenvalue weighted by atomic mass is 32.1. The zero-order chi connectivity index (χ0) is 31.2.